The summed E-state index contributed by atoms with van der Waals surface area (Å²) in [6, 6.07) is 4.30. The molecule has 0 aliphatic carbocycles. The van der Waals surface area contributed by atoms with Gasteiger partial charge in [0, 0.05) is 5.56 Å². The molecule has 0 atom stereocenters. The van der Waals surface area contributed by atoms with Crippen molar-refractivity contribution < 1.29 is 13.6 Å². The van der Waals surface area contributed by atoms with Gasteiger partial charge in [-0.1, -0.05) is 16.8 Å². The molecule has 1 aromatic carbocycles. The summed E-state index contributed by atoms with van der Waals surface area (Å²) < 4.78 is 24.2. The molecule has 0 saturated heterocycles. The van der Waals surface area contributed by atoms with Crippen molar-refractivity contribution in [2.75, 3.05) is 11.0 Å². The molecule has 0 bridgehead atoms. The van der Waals surface area contributed by atoms with E-state index in [4.69, 9.17) is 22.5 Å². The monoisotopic (exact) mass is 263 g/mol. The van der Waals surface area contributed by atoms with Crippen molar-refractivity contribution in [3.05, 3.63) is 28.8 Å². The Morgan fingerprint density at radius 1 is 1.56 bits per heavy atom. The Morgan fingerprint density at radius 3 is 2.62 bits per heavy atom. The first-order valence-corrected chi connectivity index (χ1v) is 6.35. The van der Waals surface area contributed by atoms with Gasteiger partial charge in [0.2, 0.25) is 10.0 Å². The number of hydrogen-bond acceptors (Lipinski definition) is 4. The van der Waals surface area contributed by atoms with Crippen molar-refractivity contribution in [1.82, 2.24) is 0 Å². The average Bonchev–Trinajstić information content (AvgIpc) is 2.18. The van der Waals surface area contributed by atoms with Crippen LogP contribution in [0.5, 0.6) is 0 Å². The molecule has 1 aromatic rings. The summed E-state index contributed by atoms with van der Waals surface area (Å²) in [5.41, 5.74) is 5.97. The quantitative estimate of drug-likeness (QED) is 0.325. The molecule has 0 radical (unpaired) electrons. The van der Waals surface area contributed by atoms with Crippen molar-refractivity contribution in [3.63, 3.8) is 0 Å². The Kier molecular flexibility index (Phi) is 3.61. The third-order valence-corrected chi connectivity index (χ3v) is 2.57. The molecule has 0 saturated carbocycles. The number of nitrogens with zero attached hydrogens (tertiary/aromatic N) is 1. The van der Waals surface area contributed by atoms with Crippen LogP contribution >= 0.6 is 11.6 Å². The molecule has 0 fully saturated rings. The van der Waals surface area contributed by atoms with E-state index in [2.05, 4.69) is 9.88 Å². The van der Waals surface area contributed by atoms with E-state index >= 15 is 0 Å². The van der Waals surface area contributed by atoms with Crippen molar-refractivity contribution in [2.45, 2.75) is 0 Å². The molecule has 8 heteroatoms. The first-order valence-electron chi connectivity index (χ1n) is 4.09. The van der Waals surface area contributed by atoms with Gasteiger partial charge < -0.3 is 10.9 Å². The Hall–Kier alpha value is -1.47. The molecule has 0 aliphatic rings. The molecule has 16 heavy (non-hydrogen) atoms. The molecular formula is C8H10ClN3O3S. The summed E-state index contributed by atoms with van der Waals surface area (Å²) in [4.78, 5) is 0. The maximum Gasteiger partial charge on any atom is 0.229 e. The fourth-order valence-corrected chi connectivity index (χ4v) is 1.88. The molecule has 1 rings (SSSR count). The zero-order chi connectivity index (χ0) is 12.3. The maximum absolute atomic E-state index is 11.0. The molecule has 4 N–H and O–H groups in total. The minimum atomic E-state index is -3.38. The van der Waals surface area contributed by atoms with E-state index in [0.29, 0.717) is 5.56 Å². The summed E-state index contributed by atoms with van der Waals surface area (Å²) in [5.74, 6) is -0.104. The molecule has 88 valence electrons. The van der Waals surface area contributed by atoms with Crippen LogP contribution in [-0.2, 0) is 10.0 Å². The Balaban J connectivity index is 3.10. The van der Waals surface area contributed by atoms with E-state index in [0.717, 1.165) is 6.26 Å². The van der Waals surface area contributed by atoms with Gasteiger partial charge in [0.05, 0.1) is 17.0 Å². The second-order valence-electron chi connectivity index (χ2n) is 3.05. The minimum absolute atomic E-state index is 0.104. The second kappa shape index (κ2) is 4.58. The predicted octanol–water partition coefficient (Wildman–Crippen LogP) is 0.806. The van der Waals surface area contributed by atoms with Gasteiger partial charge in [0.1, 0.15) is 0 Å². The van der Waals surface area contributed by atoms with Gasteiger partial charge in [-0.25, -0.2) is 8.42 Å². The molecule has 0 heterocycles. The number of amidine groups is 1. The number of benzene rings is 1. The van der Waals surface area contributed by atoms with Gasteiger partial charge in [-0.2, -0.15) is 0 Å². The van der Waals surface area contributed by atoms with Crippen LogP contribution in [-0.4, -0.2) is 25.7 Å². The number of nitrogens with two attached hydrogens (primary N) is 1. The molecule has 0 spiro atoms. The third kappa shape index (κ3) is 3.28. The maximum atomic E-state index is 11.0. The number of oxime groups is 1. The van der Waals surface area contributed by atoms with E-state index in [-0.39, 0.29) is 16.5 Å². The number of halogens is 1. The van der Waals surface area contributed by atoms with E-state index < -0.39 is 10.0 Å². The van der Waals surface area contributed by atoms with E-state index in [1.807, 2.05) is 0 Å². The van der Waals surface area contributed by atoms with Crippen LogP contribution in [0.25, 0.3) is 0 Å². The number of sulfonamides is 1. The molecule has 0 unspecified atom stereocenters. The van der Waals surface area contributed by atoms with E-state index in [1.54, 1.807) is 0 Å². The summed E-state index contributed by atoms with van der Waals surface area (Å²) in [6.07, 6.45) is 1.01. The lowest BCUT2D eigenvalue weighted by Crippen LogP contribution is -2.14. The number of rotatable bonds is 3. The SMILES string of the molecule is CS(=O)(=O)Nc1ccc(/C(N)=N/O)cc1Cl. The van der Waals surface area contributed by atoms with Crippen LogP contribution in [0.3, 0.4) is 0 Å². The highest BCUT2D eigenvalue weighted by Crippen LogP contribution is 2.23. The van der Waals surface area contributed by atoms with Gasteiger partial charge >= 0.3 is 0 Å². The Labute approximate surface area is 97.8 Å². The van der Waals surface area contributed by atoms with Gasteiger partial charge in [0.15, 0.2) is 5.84 Å². The number of hydrogen-bond donors (Lipinski definition) is 3. The molecule has 0 aromatic heterocycles. The zero-order valence-electron chi connectivity index (χ0n) is 8.31. The van der Waals surface area contributed by atoms with Gasteiger partial charge in [-0.15, -0.1) is 0 Å². The van der Waals surface area contributed by atoms with Crippen LogP contribution < -0.4 is 10.5 Å². The predicted molar refractivity (Wildman–Crippen MR) is 62.4 cm³/mol. The topological polar surface area (TPSA) is 105 Å². The fraction of sp³-hybridized carbons (Fsp3) is 0.125. The van der Waals surface area contributed by atoms with Crippen molar-refractivity contribution in [2.24, 2.45) is 10.9 Å². The van der Waals surface area contributed by atoms with E-state index in [1.165, 1.54) is 18.2 Å². The molecule has 6 nitrogen and oxygen atoms in total. The van der Waals surface area contributed by atoms with Crippen LogP contribution in [0, 0.1) is 0 Å². The summed E-state index contributed by atoms with van der Waals surface area (Å²) >= 11 is 5.82. The zero-order valence-corrected chi connectivity index (χ0v) is 9.88. The lowest BCUT2D eigenvalue weighted by Gasteiger charge is -2.07. The Morgan fingerprint density at radius 2 is 2.19 bits per heavy atom. The minimum Gasteiger partial charge on any atom is -0.409 e. The summed E-state index contributed by atoms with van der Waals surface area (Å²) in [6.45, 7) is 0. The third-order valence-electron chi connectivity index (χ3n) is 1.67. The fourth-order valence-electron chi connectivity index (χ4n) is 1.01. The Bertz CT molecular complexity index is 527. The normalized spacial score (nSPS) is 12.5. The molecule has 0 aliphatic heterocycles. The van der Waals surface area contributed by atoms with Gasteiger partial charge in [-0.3, -0.25) is 4.72 Å². The van der Waals surface area contributed by atoms with Crippen LogP contribution in [0.4, 0.5) is 5.69 Å². The van der Waals surface area contributed by atoms with Crippen LogP contribution in [0.1, 0.15) is 5.56 Å². The van der Waals surface area contributed by atoms with Crippen LogP contribution in [0.2, 0.25) is 5.02 Å². The highest BCUT2D eigenvalue weighted by molar-refractivity contribution is 7.92. The summed E-state index contributed by atoms with van der Waals surface area (Å²) in [5, 5.41) is 11.4. The first-order chi connectivity index (χ1) is 7.33. The van der Waals surface area contributed by atoms with Crippen molar-refractivity contribution in [3.8, 4) is 0 Å². The highest BCUT2D eigenvalue weighted by atomic mass is 35.5. The molecule has 0 amide bonds. The molecular weight excluding hydrogens is 254 g/mol. The average molecular weight is 264 g/mol. The van der Waals surface area contributed by atoms with Crippen LogP contribution in [0.15, 0.2) is 23.4 Å². The lowest BCUT2D eigenvalue weighted by atomic mass is 10.2. The lowest BCUT2D eigenvalue weighted by molar-refractivity contribution is 0.318. The van der Waals surface area contributed by atoms with E-state index in [9.17, 15) is 8.42 Å². The van der Waals surface area contributed by atoms with Gasteiger partial charge in [-0.05, 0) is 18.2 Å². The second-order valence-corrected chi connectivity index (χ2v) is 5.21. The smallest absolute Gasteiger partial charge is 0.229 e. The highest BCUT2D eigenvalue weighted by Gasteiger charge is 2.08. The largest absolute Gasteiger partial charge is 0.409 e. The number of nitrogens with one attached hydrogen (secondary N) is 1. The first kappa shape index (κ1) is 12.6. The number of anilines is 1. The standard InChI is InChI=1S/C8H10ClN3O3S/c1-16(14,15)12-7-3-2-5(4-6(7)9)8(10)11-13/h2-4,12-13H,1H3,(H2,10,11). The van der Waals surface area contributed by atoms with Crippen molar-refractivity contribution in [1.29, 1.82) is 0 Å². The van der Waals surface area contributed by atoms with Gasteiger partial charge in [0.25, 0.3) is 0 Å². The van der Waals surface area contributed by atoms with Crippen molar-refractivity contribution >= 4 is 33.1 Å². The summed E-state index contributed by atoms with van der Waals surface area (Å²) in [7, 11) is -3.38.